The lowest BCUT2D eigenvalue weighted by Gasteiger charge is -2.07. The predicted molar refractivity (Wildman–Crippen MR) is 66.4 cm³/mol. The summed E-state index contributed by atoms with van der Waals surface area (Å²) in [5.74, 6) is 0.738. The fourth-order valence-electron chi connectivity index (χ4n) is 1.38. The van der Waals surface area contributed by atoms with E-state index in [-0.39, 0.29) is 4.90 Å². The molecule has 1 aromatic heterocycles. The number of pyridine rings is 1. The van der Waals surface area contributed by atoms with Gasteiger partial charge in [-0.05, 0) is 31.4 Å². The first-order valence-corrected chi connectivity index (χ1v) is 7.32. The van der Waals surface area contributed by atoms with Crippen molar-refractivity contribution in [3.05, 3.63) is 18.3 Å². The van der Waals surface area contributed by atoms with Gasteiger partial charge in [0, 0.05) is 18.8 Å². The number of hydrogen-bond donors (Lipinski definition) is 2. The molecule has 0 aliphatic heterocycles. The molecule has 6 heteroatoms. The molecule has 2 N–H and O–H groups in total. The Labute approximate surface area is 102 Å². The fourth-order valence-corrected chi connectivity index (χ4v) is 2.46. The SMILES string of the molecule is CCCNS(=O)(=O)c1ccc(NC2CC2)nc1. The first kappa shape index (κ1) is 12.3. The Balaban J connectivity index is 2.05. The molecule has 1 aliphatic rings. The van der Waals surface area contributed by atoms with E-state index in [1.165, 1.54) is 19.0 Å². The first-order chi connectivity index (χ1) is 8.12. The summed E-state index contributed by atoms with van der Waals surface area (Å²) >= 11 is 0. The number of hydrogen-bond acceptors (Lipinski definition) is 4. The highest BCUT2D eigenvalue weighted by atomic mass is 32.2. The van der Waals surface area contributed by atoms with E-state index in [0.29, 0.717) is 12.6 Å². The molecule has 0 spiro atoms. The van der Waals surface area contributed by atoms with E-state index >= 15 is 0 Å². The standard InChI is InChI=1S/C11H17N3O2S/c1-2-7-13-17(15,16)10-5-6-11(12-8-10)14-9-3-4-9/h5-6,8-9,13H,2-4,7H2,1H3,(H,12,14). The second kappa shape index (κ2) is 5.01. The first-order valence-electron chi connectivity index (χ1n) is 5.84. The fraction of sp³-hybridized carbons (Fsp3) is 0.545. The van der Waals surface area contributed by atoms with E-state index in [0.717, 1.165) is 12.2 Å². The van der Waals surface area contributed by atoms with Gasteiger partial charge in [-0.1, -0.05) is 6.92 Å². The quantitative estimate of drug-likeness (QED) is 0.805. The molecule has 94 valence electrons. The number of rotatable bonds is 6. The van der Waals surface area contributed by atoms with E-state index in [1.54, 1.807) is 12.1 Å². The Hall–Kier alpha value is -1.14. The van der Waals surface area contributed by atoms with Crippen molar-refractivity contribution in [2.75, 3.05) is 11.9 Å². The summed E-state index contributed by atoms with van der Waals surface area (Å²) in [6, 6.07) is 3.80. The van der Waals surface area contributed by atoms with Gasteiger partial charge < -0.3 is 5.32 Å². The molecule has 0 saturated heterocycles. The van der Waals surface area contributed by atoms with Crippen molar-refractivity contribution in [1.29, 1.82) is 0 Å². The van der Waals surface area contributed by atoms with Crippen LogP contribution < -0.4 is 10.0 Å². The van der Waals surface area contributed by atoms with Gasteiger partial charge in [-0.2, -0.15) is 0 Å². The minimum atomic E-state index is -3.39. The molecule has 17 heavy (non-hydrogen) atoms. The van der Waals surface area contributed by atoms with Gasteiger partial charge in [-0.15, -0.1) is 0 Å². The largest absolute Gasteiger partial charge is 0.367 e. The van der Waals surface area contributed by atoms with Crippen LogP contribution in [0.15, 0.2) is 23.2 Å². The zero-order valence-corrected chi connectivity index (χ0v) is 10.6. The van der Waals surface area contributed by atoms with Crippen LogP contribution in [-0.2, 0) is 10.0 Å². The summed E-state index contributed by atoms with van der Waals surface area (Å²) in [5, 5.41) is 3.21. The highest BCUT2D eigenvalue weighted by Gasteiger charge is 2.21. The second-order valence-electron chi connectivity index (χ2n) is 4.20. The van der Waals surface area contributed by atoms with Gasteiger partial charge in [-0.25, -0.2) is 18.1 Å². The number of nitrogens with one attached hydrogen (secondary N) is 2. The molecule has 0 aromatic carbocycles. The van der Waals surface area contributed by atoms with Crippen LogP contribution in [0.4, 0.5) is 5.82 Å². The van der Waals surface area contributed by atoms with Gasteiger partial charge >= 0.3 is 0 Å². The van der Waals surface area contributed by atoms with E-state index < -0.39 is 10.0 Å². The zero-order valence-electron chi connectivity index (χ0n) is 9.81. The minimum absolute atomic E-state index is 0.215. The Bertz CT molecular complexity index is 466. The molecule has 0 amide bonds. The lowest BCUT2D eigenvalue weighted by molar-refractivity contribution is 0.580. The highest BCUT2D eigenvalue weighted by Crippen LogP contribution is 2.23. The third kappa shape index (κ3) is 3.41. The van der Waals surface area contributed by atoms with E-state index in [1.807, 2.05) is 6.92 Å². The number of anilines is 1. The summed E-state index contributed by atoms with van der Waals surface area (Å²) in [6.07, 6.45) is 4.50. The molecule has 0 bridgehead atoms. The van der Waals surface area contributed by atoms with Crippen molar-refractivity contribution >= 4 is 15.8 Å². The van der Waals surface area contributed by atoms with Crippen molar-refractivity contribution in [3.63, 3.8) is 0 Å². The van der Waals surface area contributed by atoms with Gasteiger partial charge in [-0.3, -0.25) is 0 Å². The van der Waals surface area contributed by atoms with E-state index in [9.17, 15) is 8.42 Å². The summed E-state index contributed by atoms with van der Waals surface area (Å²) in [6.45, 7) is 2.37. The van der Waals surface area contributed by atoms with Crippen LogP contribution in [0.5, 0.6) is 0 Å². The molecule has 1 fully saturated rings. The number of sulfonamides is 1. The third-order valence-corrected chi connectivity index (χ3v) is 3.96. The predicted octanol–water partition coefficient (Wildman–Crippen LogP) is 1.34. The molecule has 0 atom stereocenters. The maximum atomic E-state index is 11.8. The summed E-state index contributed by atoms with van der Waals surface area (Å²) in [7, 11) is -3.39. The lowest BCUT2D eigenvalue weighted by atomic mass is 10.4. The Kier molecular flexibility index (Phi) is 3.63. The van der Waals surface area contributed by atoms with Crippen LogP contribution in [0.25, 0.3) is 0 Å². The number of aromatic nitrogens is 1. The van der Waals surface area contributed by atoms with Crippen LogP contribution >= 0.6 is 0 Å². The van der Waals surface area contributed by atoms with Gasteiger partial charge in [0.15, 0.2) is 0 Å². The molecular weight excluding hydrogens is 238 g/mol. The molecule has 1 saturated carbocycles. The van der Waals surface area contributed by atoms with Crippen molar-refractivity contribution in [2.24, 2.45) is 0 Å². The van der Waals surface area contributed by atoms with Crippen LogP contribution in [-0.4, -0.2) is 26.0 Å². The van der Waals surface area contributed by atoms with Crippen LogP contribution in [0, 0.1) is 0 Å². The summed E-state index contributed by atoms with van der Waals surface area (Å²) in [4.78, 5) is 4.32. The third-order valence-electron chi connectivity index (χ3n) is 2.52. The topological polar surface area (TPSA) is 71.1 Å². The number of nitrogens with zero attached hydrogens (tertiary/aromatic N) is 1. The van der Waals surface area contributed by atoms with Crippen molar-refractivity contribution in [2.45, 2.75) is 37.1 Å². The Morgan fingerprint density at radius 1 is 1.41 bits per heavy atom. The molecule has 5 nitrogen and oxygen atoms in total. The van der Waals surface area contributed by atoms with Crippen molar-refractivity contribution in [3.8, 4) is 0 Å². The van der Waals surface area contributed by atoms with Gasteiger partial charge in [0.2, 0.25) is 10.0 Å². The Morgan fingerprint density at radius 2 is 2.18 bits per heavy atom. The molecule has 0 unspecified atom stereocenters. The highest BCUT2D eigenvalue weighted by molar-refractivity contribution is 7.89. The zero-order chi connectivity index (χ0) is 12.3. The average Bonchev–Trinajstić information content (AvgIpc) is 3.11. The van der Waals surface area contributed by atoms with Gasteiger partial charge in [0.05, 0.1) is 0 Å². The van der Waals surface area contributed by atoms with Crippen molar-refractivity contribution < 1.29 is 8.42 Å². The maximum Gasteiger partial charge on any atom is 0.242 e. The molecule has 0 radical (unpaired) electrons. The van der Waals surface area contributed by atoms with Crippen LogP contribution in [0.1, 0.15) is 26.2 Å². The van der Waals surface area contributed by atoms with Crippen molar-refractivity contribution in [1.82, 2.24) is 9.71 Å². The van der Waals surface area contributed by atoms with E-state index in [4.69, 9.17) is 0 Å². The second-order valence-corrected chi connectivity index (χ2v) is 5.96. The van der Waals surface area contributed by atoms with Crippen LogP contribution in [0.3, 0.4) is 0 Å². The lowest BCUT2D eigenvalue weighted by Crippen LogP contribution is -2.24. The van der Waals surface area contributed by atoms with Crippen LogP contribution in [0.2, 0.25) is 0 Å². The minimum Gasteiger partial charge on any atom is -0.367 e. The Morgan fingerprint density at radius 3 is 2.71 bits per heavy atom. The smallest absolute Gasteiger partial charge is 0.242 e. The van der Waals surface area contributed by atoms with Gasteiger partial charge in [0.25, 0.3) is 0 Å². The molecular formula is C11H17N3O2S. The van der Waals surface area contributed by atoms with E-state index in [2.05, 4.69) is 15.0 Å². The maximum absolute atomic E-state index is 11.8. The molecule has 1 heterocycles. The summed E-state index contributed by atoms with van der Waals surface area (Å²) < 4.78 is 26.0. The molecule has 1 aliphatic carbocycles. The monoisotopic (exact) mass is 255 g/mol. The molecule has 2 rings (SSSR count). The normalized spacial score (nSPS) is 15.8. The average molecular weight is 255 g/mol. The summed E-state index contributed by atoms with van der Waals surface area (Å²) in [5.41, 5.74) is 0. The van der Waals surface area contributed by atoms with Gasteiger partial charge in [0.1, 0.15) is 10.7 Å². The molecule has 1 aromatic rings.